The Morgan fingerprint density at radius 1 is 0.931 bits per heavy atom. The first-order valence-corrected chi connectivity index (χ1v) is 8.37. The molecule has 0 atom stereocenters. The minimum Gasteiger partial charge on any atom is -0.497 e. The topological polar surface area (TPSA) is 61.6 Å². The number of aromatic nitrogens is 1. The zero-order valence-electron chi connectivity index (χ0n) is 14.9. The van der Waals surface area contributed by atoms with Crippen LogP contribution in [0.15, 0.2) is 59.1 Å². The van der Waals surface area contributed by atoms with Crippen molar-refractivity contribution >= 4 is 16.9 Å². The van der Waals surface area contributed by atoms with Crippen molar-refractivity contribution in [1.29, 1.82) is 0 Å². The predicted octanol–water partition coefficient (Wildman–Crippen LogP) is 5.14. The third-order valence-corrected chi connectivity index (χ3v) is 4.24. The van der Waals surface area contributed by atoms with Crippen LogP contribution in [-0.2, 0) is 0 Å². The molecule has 0 bridgehead atoms. The first-order valence-electron chi connectivity index (χ1n) is 8.37. The molecule has 0 amide bonds. The summed E-state index contributed by atoms with van der Waals surface area (Å²) in [5, 5.41) is 4.21. The molecule has 0 saturated heterocycles. The van der Waals surface area contributed by atoms with E-state index in [9.17, 15) is 18.0 Å². The Morgan fingerprint density at radius 3 is 2.24 bits per heavy atom. The van der Waals surface area contributed by atoms with Gasteiger partial charge < -0.3 is 14.0 Å². The smallest absolute Gasteiger partial charge is 0.343 e. The van der Waals surface area contributed by atoms with Crippen molar-refractivity contribution in [1.82, 2.24) is 5.16 Å². The van der Waals surface area contributed by atoms with Gasteiger partial charge in [0.15, 0.2) is 23.0 Å². The highest BCUT2D eigenvalue weighted by Crippen LogP contribution is 2.32. The molecule has 4 aromatic rings. The van der Waals surface area contributed by atoms with E-state index in [4.69, 9.17) is 14.0 Å². The van der Waals surface area contributed by atoms with E-state index in [-0.39, 0.29) is 22.6 Å². The second-order valence-electron chi connectivity index (χ2n) is 6.06. The Kier molecular flexibility index (Phi) is 4.67. The molecule has 8 heteroatoms. The summed E-state index contributed by atoms with van der Waals surface area (Å²) < 4.78 is 55.7. The molecule has 5 nitrogen and oxygen atoms in total. The molecule has 1 heterocycles. The molecular formula is C21H12F3NO4. The normalized spacial score (nSPS) is 10.9. The number of rotatable bonds is 4. The fourth-order valence-corrected chi connectivity index (χ4v) is 2.77. The van der Waals surface area contributed by atoms with Crippen LogP contribution in [0.1, 0.15) is 10.4 Å². The van der Waals surface area contributed by atoms with Gasteiger partial charge in [0.25, 0.3) is 0 Å². The highest BCUT2D eigenvalue weighted by Gasteiger charge is 2.17. The van der Waals surface area contributed by atoms with Crippen molar-refractivity contribution in [2.45, 2.75) is 0 Å². The third kappa shape index (κ3) is 3.52. The Balaban J connectivity index is 1.62. The largest absolute Gasteiger partial charge is 0.497 e. The van der Waals surface area contributed by atoms with Gasteiger partial charge in [0.05, 0.1) is 12.7 Å². The maximum atomic E-state index is 13.5. The summed E-state index contributed by atoms with van der Waals surface area (Å²) >= 11 is 0. The van der Waals surface area contributed by atoms with Crippen LogP contribution in [-0.4, -0.2) is 18.2 Å². The predicted molar refractivity (Wildman–Crippen MR) is 97.3 cm³/mol. The Hall–Kier alpha value is -3.81. The molecule has 0 unspecified atom stereocenters. The first kappa shape index (κ1) is 18.5. The van der Waals surface area contributed by atoms with E-state index in [0.29, 0.717) is 16.7 Å². The highest BCUT2D eigenvalue weighted by atomic mass is 19.2. The van der Waals surface area contributed by atoms with Crippen LogP contribution in [0.2, 0.25) is 0 Å². The van der Waals surface area contributed by atoms with Crippen LogP contribution in [0.4, 0.5) is 13.2 Å². The number of carbonyl (C=O) groups excluding carboxylic acids is 1. The third-order valence-electron chi connectivity index (χ3n) is 4.24. The van der Waals surface area contributed by atoms with E-state index in [1.165, 1.54) is 25.3 Å². The SMILES string of the molecule is COc1ccc(C(=O)Oc2ccc3c(-c4cc(F)c(F)c(F)c4)noc3c2)cc1. The summed E-state index contributed by atoms with van der Waals surface area (Å²) in [6, 6.07) is 12.5. The maximum absolute atomic E-state index is 13.5. The summed E-state index contributed by atoms with van der Waals surface area (Å²) in [5.74, 6) is -4.02. The number of hydrogen-bond acceptors (Lipinski definition) is 5. The molecule has 0 aliphatic carbocycles. The lowest BCUT2D eigenvalue weighted by Crippen LogP contribution is -2.08. The van der Waals surface area contributed by atoms with Crippen molar-refractivity contribution in [2.24, 2.45) is 0 Å². The lowest BCUT2D eigenvalue weighted by Gasteiger charge is -2.05. The van der Waals surface area contributed by atoms with Gasteiger partial charge in [-0.15, -0.1) is 0 Å². The van der Waals surface area contributed by atoms with E-state index in [2.05, 4.69) is 5.16 Å². The van der Waals surface area contributed by atoms with Gasteiger partial charge in [-0.3, -0.25) is 0 Å². The molecule has 0 saturated carbocycles. The van der Waals surface area contributed by atoms with Gasteiger partial charge in [-0.25, -0.2) is 18.0 Å². The van der Waals surface area contributed by atoms with E-state index in [1.807, 2.05) is 0 Å². The molecule has 0 fully saturated rings. The van der Waals surface area contributed by atoms with Gasteiger partial charge >= 0.3 is 5.97 Å². The molecule has 0 N–H and O–H groups in total. The number of benzene rings is 3. The minimum absolute atomic E-state index is 0.0168. The lowest BCUT2D eigenvalue weighted by molar-refractivity contribution is 0.0735. The maximum Gasteiger partial charge on any atom is 0.343 e. The van der Waals surface area contributed by atoms with Crippen LogP contribution < -0.4 is 9.47 Å². The number of nitrogens with zero attached hydrogens (tertiary/aromatic N) is 1. The summed E-state index contributed by atoms with van der Waals surface area (Å²) in [7, 11) is 1.52. The van der Waals surface area contributed by atoms with Crippen molar-refractivity contribution < 1.29 is 32.0 Å². The Morgan fingerprint density at radius 2 is 1.59 bits per heavy atom. The fraction of sp³-hybridized carbons (Fsp3) is 0.0476. The fourth-order valence-electron chi connectivity index (χ4n) is 2.77. The number of carbonyl (C=O) groups is 1. The molecule has 29 heavy (non-hydrogen) atoms. The van der Waals surface area contributed by atoms with Crippen LogP contribution in [0.25, 0.3) is 22.2 Å². The number of ether oxygens (including phenoxy) is 2. The zero-order chi connectivity index (χ0) is 20.5. The standard InChI is InChI=1S/C21H12F3NO4/c1-27-13-4-2-11(3-5-13)21(26)28-14-6-7-15-18(10-14)29-25-20(15)12-8-16(22)19(24)17(23)9-12/h2-10H,1H3. The minimum atomic E-state index is -1.56. The van der Waals surface area contributed by atoms with E-state index >= 15 is 0 Å². The Bertz CT molecular complexity index is 1200. The van der Waals surface area contributed by atoms with Gasteiger partial charge in [0, 0.05) is 17.0 Å². The molecule has 0 aliphatic rings. The van der Waals surface area contributed by atoms with Crippen molar-refractivity contribution in [3.05, 3.63) is 77.6 Å². The quantitative estimate of drug-likeness (QED) is 0.270. The van der Waals surface area contributed by atoms with Gasteiger partial charge in [0.1, 0.15) is 17.2 Å². The van der Waals surface area contributed by atoms with Crippen molar-refractivity contribution in [3.8, 4) is 22.8 Å². The second-order valence-corrected chi connectivity index (χ2v) is 6.06. The number of hydrogen-bond donors (Lipinski definition) is 0. The average Bonchev–Trinajstić information content (AvgIpc) is 3.15. The number of methoxy groups -OCH3 is 1. The summed E-state index contributed by atoms with van der Waals surface area (Å²) in [6.07, 6.45) is 0. The lowest BCUT2D eigenvalue weighted by atomic mass is 10.1. The molecule has 0 aliphatic heterocycles. The van der Waals surface area contributed by atoms with Crippen molar-refractivity contribution in [3.63, 3.8) is 0 Å². The number of esters is 1. The van der Waals surface area contributed by atoms with Crippen LogP contribution in [0, 0.1) is 17.5 Å². The molecule has 0 spiro atoms. The van der Waals surface area contributed by atoms with Crippen LogP contribution >= 0.6 is 0 Å². The summed E-state index contributed by atoms with van der Waals surface area (Å²) in [4.78, 5) is 12.3. The monoisotopic (exact) mass is 399 g/mol. The van der Waals surface area contributed by atoms with Crippen LogP contribution in [0.5, 0.6) is 11.5 Å². The Labute approximate surface area is 162 Å². The number of halogens is 3. The van der Waals surface area contributed by atoms with Gasteiger partial charge in [0.2, 0.25) is 0 Å². The van der Waals surface area contributed by atoms with Gasteiger partial charge in [-0.1, -0.05) is 5.16 Å². The summed E-state index contributed by atoms with van der Waals surface area (Å²) in [6.45, 7) is 0. The van der Waals surface area contributed by atoms with E-state index in [0.717, 1.165) is 12.1 Å². The number of fused-ring (bicyclic) bond motifs is 1. The zero-order valence-corrected chi connectivity index (χ0v) is 14.9. The molecule has 0 radical (unpaired) electrons. The van der Waals surface area contributed by atoms with Crippen LogP contribution in [0.3, 0.4) is 0 Å². The van der Waals surface area contributed by atoms with Crippen molar-refractivity contribution in [2.75, 3.05) is 7.11 Å². The molecule has 3 aromatic carbocycles. The second kappa shape index (κ2) is 7.31. The van der Waals surface area contributed by atoms with Gasteiger partial charge in [-0.2, -0.15) is 0 Å². The molecule has 1 aromatic heterocycles. The summed E-state index contributed by atoms with van der Waals surface area (Å²) in [5.41, 5.74) is 0.695. The highest BCUT2D eigenvalue weighted by molar-refractivity contribution is 5.94. The average molecular weight is 399 g/mol. The van der Waals surface area contributed by atoms with Gasteiger partial charge in [-0.05, 0) is 48.5 Å². The van der Waals surface area contributed by atoms with E-state index < -0.39 is 23.4 Å². The molecule has 4 rings (SSSR count). The van der Waals surface area contributed by atoms with E-state index in [1.54, 1.807) is 24.3 Å². The molecular weight excluding hydrogens is 387 g/mol. The molecule has 146 valence electrons. The first-order chi connectivity index (χ1) is 14.0.